The van der Waals surface area contributed by atoms with Crippen molar-refractivity contribution in [2.45, 2.75) is 39.5 Å². The largest absolute Gasteiger partial charge is 0.497 e. The number of carbonyl (C=O) groups is 1. The lowest BCUT2D eigenvalue weighted by atomic mass is 9.67. The molecule has 0 bridgehead atoms. The molecule has 0 N–H and O–H groups in total. The SMILES string of the molecule is COc1ccc(OC)c([C@@H]2C3=C(CC(C)(C)CC3=O)N=C(C)C2C#N)c1. The van der Waals surface area contributed by atoms with Crippen molar-refractivity contribution in [3.8, 4) is 17.6 Å². The molecule has 0 fully saturated rings. The van der Waals surface area contributed by atoms with E-state index in [1.807, 2.05) is 25.1 Å². The average Bonchev–Trinajstić information content (AvgIpc) is 2.58. The van der Waals surface area contributed by atoms with E-state index in [0.717, 1.165) is 23.4 Å². The molecule has 1 aromatic rings. The molecule has 1 heterocycles. The van der Waals surface area contributed by atoms with Crippen LogP contribution in [0.15, 0.2) is 34.5 Å². The Kier molecular flexibility index (Phi) is 4.62. The van der Waals surface area contributed by atoms with Crippen molar-refractivity contribution in [3.05, 3.63) is 35.0 Å². The van der Waals surface area contributed by atoms with Crippen LogP contribution >= 0.6 is 0 Å². The summed E-state index contributed by atoms with van der Waals surface area (Å²) in [5.74, 6) is 0.502. The smallest absolute Gasteiger partial charge is 0.161 e. The highest BCUT2D eigenvalue weighted by atomic mass is 16.5. The van der Waals surface area contributed by atoms with E-state index in [2.05, 4.69) is 24.9 Å². The molecule has 5 heteroatoms. The zero-order valence-electron chi connectivity index (χ0n) is 15.9. The summed E-state index contributed by atoms with van der Waals surface area (Å²) in [6.07, 6.45) is 1.19. The number of hydrogen-bond acceptors (Lipinski definition) is 5. The number of carbonyl (C=O) groups excluding carboxylic acids is 1. The Morgan fingerprint density at radius 1 is 1.23 bits per heavy atom. The van der Waals surface area contributed by atoms with Gasteiger partial charge in [-0.05, 0) is 37.0 Å². The van der Waals surface area contributed by atoms with Gasteiger partial charge in [0.05, 0.1) is 26.2 Å². The second-order valence-corrected chi connectivity index (χ2v) is 7.75. The molecule has 3 rings (SSSR count). The molecule has 0 amide bonds. The summed E-state index contributed by atoms with van der Waals surface area (Å²) < 4.78 is 10.9. The van der Waals surface area contributed by atoms with Crippen LogP contribution in [0.25, 0.3) is 0 Å². The summed E-state index contributed by atoms with van der Waals surface area (Å²) in [6.45, 7) is 6.03. The fraction of sp³-hybridized carbons (Fsp3) is 0.476. The maximum atomic E-state index is 13.0. The van der Waals surface area contributed by atoms with Crippen LogP contribution in [0.3, 0.4) is 0 Å². The lowest BCUT2D eigenvalue weighted by Gasteiger charge is -2.38. The highest BCUT2D eigenvalue weighted by molar-refractivity contribution is 6.03. The van der Waals surface area contributed by atoms with Crippen molar-refractivity contribution in [2.24, 2.45) is 16.3 Å². The quantitative estimate of drug-likeness (QED) is 0.823. The van der Waals surface area contributed by atoms with Gasteiger partial charge in [-0.3, -0.25) is 9.79 Å². The van der Waals surface area contributed by atoms with Crippen molar-refractivity contribution in [1.82, 2.24) is 0 Å². The number of methoxy groups -OCH3 is 2. The van der Waals surface area contributed by atoms with E-state index >= 15 is 0 Å². The van der Waals surface area contributed by atoms with Gasteiger partial charge < -0.3 is 9.47 Å². The van der Waals surface area contributed by atoms with Crippen LogP contribution in [-0.2, 0) is 4.79 Å². The topological polar surface area (TPSA) is 71.7 Å². The predicted molar refractivity (Wildman–Crippen MR) is 99.5 cm³/mol. The van der Waals surface area contributed by atoms with Gasteiger partial charge in [0.1, 0.15) is 11.5 Å². The minimum Gasteiger partial charge on any atom is -0.497 e. The van der Waals surface area contributed by atoms with Gasteiger partial charge in [0.15, 0.2) is 5.78 Å². The Balaban J connectivity index is 2.24. The number of nitrogens with zero attached hydrogens (tertiary/aromatic N) is 2. The first kappa shape index (κ1) is 18.2. The number of ether oxygens (including phenoxy) is 2. The molecule has 2 aliphatic rings. The Hall–Kier alpha value is -2.61. The molecule has 5 nitrogen and oxygen atoms in total. The lowest BCUT2D eigenvalue weighted by Crippen LogP contribution is -2.35. The summed E-state index contributed by atoms with van der Waals surface area (Å²) in [5.41, 5.74) is 2.89. The molecule has 0 aromatic heterocycles. The lowest BCUT2D eigenvalue weighted by molar-refractivity contribution is -0.118. The summed E-state index contributed by atoms with van der Waals surface area (Å²) in [6, 6.07) is 7.85. The highest BCUT2D eigenvalue weighted by Gasteiger charge is 2.44. The van der Waals surface area contributed by atoms with E-state index in [4.69, 9.17) is 9.47 Å². The number of rotatable bonds is 3. The molecule has 1 aromatic carbocycles. The highest BCUT2D eigenvalue weighted by Crippen LogP contribution is 2.49. The molecule has 0 radical (unpaired) electrons. The van der Waals surface area contributed by atoms with E-state index in [-0.39, 0.29) is 17.1 Å². The molecule has 0 spiro atoms. The van der Waals surface area contributed by atoms with E-state index in [9.17, 15) is 10.1 Å². The third-order valence-corrected chi connectivity index (χ3v) is 5.21. The molecule has 1 aliphatic carbocycles. The van der Waals surface area contributed by atoms with E-state index < -0.39 is 5.92 Å². The number of hydrogen-bond donors (Lipinski definition) is 0. The normalized spacial score (nSPS) is 24.5. The molecular weight excluding hydrogens is 328 g/mol. The van der Waals surface area contributed by atoms with Crippen LogP contribution in [0.1, 0.15) is 45.1 Å². The molecule has 26 heavy (non-hydrogen) atoms. The van der Waals surface area contributed by atoms with Crippen LogP contribution in [-0.4, -0.2) is 25.7 Å². The van der Waals surface area contributed by atoms with Crippen LogP contribution in [0.5, 0.6) is 11.5 Å². The van der Waals surface area contributed by atoms with Gasteiger partial charge in [0, 0.05) is 34.9 Å². The zero-order chi connectivity index (χ0) is 19.1. The van der Waals surface area contributed by atoms with Crippen molar-refractivity contribution >= 4 is 11.5 Å². The van der Waals surface area contributed by atoms with Crippen molar-refractivity contribution in [2.75, 3.05) is 14.2 Å². The number of aliphatic imine (C=N–C) groups is 1. The number of nitriles is 1. The van der Waals surface area contributed by atoms with Crippen LogP contribution in [0, 0.1) is 22.7 Å². The standard InChI is InChI=1S/C21H24N2O3/c1-12-15(11-22)19(14-8-13(25-4)6-7-18(14)26-5)20-16(23-12)9-21(2,3)10-17(20)24/h6-8,15,19H,9-10H2,1-5H3/t15?,19-/m0/s1. The molecule has 0 saturated carbocycles. The first-order valence-corrected chi connectivity index (χ1v) is 8.74. The number of benzene rings is 1. The van der Waals surface area contributed by atoms with Gasteiger partial charge in [0.2, 0.25) is 0 Å². The monoisotopic (exact) mass is 352 g/mol. The number of Topliss-reactive ketones (excluding diaryl/α,β-unsaturated/α-hetero) is 1. The first-order chi connectivity index (χ1) is 12.3. The summed E-state index contributed by atoms with van der Waals surface area (Å²) in [4.78, 5) is 17.7. The summed E-state index contributed by atoms with van der Waals surface area (Å²) >= 11 is 0. The molecular formula is C21H24N2O3. The first-order valence-electron chi connectivity index (χ1n) is 8.74. The Labute approximate surface area is 154 Å². The van der Waals surface area contributed by atoms with Crippen molar-refractivity contribution in [3.63, 3.8) is 0 Å². The summed E-state index contributed by atoms with van der Waals surface area (Å²) in [7, 11) is 3.19. The van der Waals surface area contributed by atoms with Crippen LogP contribution in [0.2, 0.25) is 0 Å². The van der Waals surface area contributed by atoms with E-state index in [0.29, 0.717) is 23.5 Å². The predicted octanol–water partition coefficient (Wildman–Crippen LogP) is 4.04. The van der Waals surface area contributed by atoms with Gasteiger partial charge in [-0.25, -0.2) is 0 Å². The summed E-state index contributed by atoms with van der Waals surface area (Å²) in [5, 5.41) is 9.83. The van der Waals surface area contributed by atoms with Gasteiger partial charge in [-0.15, -0.1) is 0 Å². The van der Waals surface area contributed by atoms with Crippen LogP contribution < -0.4 is 9.47 Å². The zero-order valence-corrected chi connectivity index (χ0v) is 15.9. The molecule has 136 valence electrons. The Morgan fingerprint density at radius 2 is 1.96 bits per heavy atom. The molecule has 0 saturated heterocycles. The Morgan fingerprint density at radius 3 is 2.58 bits per heavy atom. The van der Waals surface area contributed by atoms with Crippen LogP contribution in [0.4, 0.5) is 0 Å². The fourth-order valence-corrected chi connectivity index (χ4v) is 4.03. The second kappa shape index (κ2) is 6.60. The van der Waals surface area contributed by atoms with E-state index in [1.54, 1.807) is 14.2 Å². The average molecular weight is 352 g/mol. The second-order valence-electron chi connectivity index (χ2n) is 7.75. The fourth-order valence-electron chi connectivity index (χ4n) is 4.03. The minimum atomic E-state index is -0.500. The molecule has 1 aliphatic heterocycles. The minimum absolute atomic E-state index is 0.0719. The van der Waals surface area contributed by atoms with Crippen molar-refractivity contribution in [1.29, 1.82) is 5.26 Å². The maximum Gasteiger partial charge on any atom is 0.161 e. The Bertz CT molecular complexity index is 858. The maximum absolute atomic E-state index is 13.0. The van der Waals surface area contributed by atoms with Crippen molar-refractivity contribution < 1.29 is 14.3 Å². The molecule has 1 unspecified atom stereocenters. The van der Waals surface area contributed by atoms with Gasteiger partial charge in [-0.1, -0.05) is 13.8 Å². The van der Waals surface area contributed by atoms with Gasteiger partial charge >= 0.3 is 0 Å². The van der Waals surface area contributed by atoms with E-state index in [1.165, 1.54) is 0 Å². The van der Waals surface area contributed by atoms with Gasteiger partial charge in [0.25, 0.3) is 0 Å². The third kappa shape index (κ3) is 3.01. The third-order valence-electron chi connectivity index (χ3n) is 5.21. The van der Waals surface area contributed by atoms with Gasteiger partial charge in [-0.2, -0.15) is 5.26 Å². The molecule has 2 atom stereocenters. The number of allylic oxidation sites excluding steroid dienone is 2. The number of ketones is 1.